The van der Waals surface area contributed by atoms with E-state index in [1.165, 1.54) is 5.56 Å². The van der Waals surface area contributed by atoms with Crippen LogP contribution in [0.25, 0.3) is 0 Å². The van der Waals surface area contributed by atoms with Gasteiger partial charge < -0.3 is 15.3 Å². The Labute approximate surface area is 178 Å². The predicted octanol–water partition coefficient (Wildman–Crippen LogP) is 3.98. The molecular formula is C22H33N5OS. The van der Waals surface area contributed by atoms with E-state index in [0.717, 1.165) is 48.1 Å². The summed E-state index contributed by atoms with van der Waals surface area (Å²) in [6, 6.07) is 10.3. The van der Waals surface area contributed by atoms with Crippen LogP contribution in [0.5, 0.6) is 0 Å². The van der Waals surface area contributed by atoms with Crippen LogP contribution < -0.4 is 10.2 Å². The average Bonchev–Trinajstić information content (AvgIpc) is 2.74. The number of aliphatic imine (C=N–C) groups is 1. The van der Waals surface area contributed by atoms with Crippen LogP contribution in [0, 0.1) is 12.8 Å². The Morgan fingerprint density at radius 2 is 2.00 bits per heavy atom. The fraction of sp³-hybridized carbons (Fsp3) is 0.500. The molecule has 0 saturated carbocycles. The molecule has 1 heterocycles. The van der Waals surface area contributed by atoms with Gasteiger partial charge in [-0.15, -0.1) is 11.8 Å². The molecule has 0 amide bonds. The number of aryl methyl sites for hydroxylation is 1. The van der Waals surface area contributed by atoms with Crippen molar-refractivity contribution in [2.45, 2.75) is 33.2 Å². The first-order valence-corrected chi connectivity index (χ1v) is 11.3. The number of aromatic nitrogens is 2. The molecule has 29 heavy (non-hydrogen) atoms. The lowest BCUT2D eigenvalue weighted by Gasteiger charge is -2.21. The smallest absolute Gasteiger partial charge is 0.227 e. The van der Waals surface area contributed by atoms with Crippen molar-refractivity contribution in [3.05, 3.63) is 47.2 Å². The second kappa shape index (κ2) is 11.8. The van der Waals surface area contributed by atoms with Gasteiger partial charge in [0, 0.05) is 33.8 Å². The third-order valence-corrected chi connectivity index (χ3v) is 5.75. The third kappa shape index (κ3) is 6.44. The molecule has 0 bridgehead atoms. The summed E-state index contributed by atoms with van der Waals surface area (Å²) in [5.74, 6) is 1.78. The van der Waals surface area contributed by atoms with E-state index in [0.29, 0.717) is 11.9 Å². The van der Waals surface area contributed by atoms with E-state index in [2.05, 4.69) is 34.3 Å². The van der Waals surface area contributed by atoms with Gasteiger partial charge in [-0.05, 0) is 31.1 Å². The molecule has 2 aromatic rings. The molecule has 1 aromatic heterocycles. The molecule has 0 aliphatic carbocycles. The van der Waals surface area contributed by atoms with Gasteiger partial charge in [0.15, 0.2) is 0 Å². The number of rotatable bonds is 10. The summed E-state index contributed by atoms with van der Waals surface area (Å²) in [4.78, 5) is 16.1. The van der Waals surface area contributed by atoms with Crippen molar-refractivity contribution in [2.24, 2.45) is 10.9 Å². The lowest BCUT2D eigenvalue weighted by atomic mass is 10.0. The maximum Gasteiger partial charge on any atom is 0.227 e. The van der Waals surface area contributed by atoms with E-state index >= 15 is 0 Å². The van der Waals surface area contributed by atoms with Crippen molar-refractivity contribution in [1.82, 2.24) is 9.97 Å². The molecule has 0 saturated heterocycles. The molecule has 1 unspecified atom stereocenters. The van der Waals surface area contributed by atoms with Crippen LogP contribution in [0.15, 0.2) is 35.3 Å². The molecule has 0 aliphatic heterocycles. The van der Waals surface area contributed by atoms with E-state index in [1.54, 1.807) is 18.8 Å². The second-order valence-corrected chi connectivity index (χ2v) is 7.87. The monoisotopic (exact) mass is 415 g/mol. The molecule has 6 nitrogen and oxygen atoms in total. The first-order chi connectivity index (χ1) is 14.0. The number of nitrogens with zero attached hydrogens (tertiary/aromatic N) is 4. The standard InChI is InChI=1S/C22H33N5OS/c1-6-17(15-28)12-13-24-20-19(21(23-3)29-5)16(2)25-22(26-20)27(4)14-18-10-8-7-9-11-18/h7-11,17,28H,6,12-15H2,1-5H3,(H,24,25,26). The number of nitrogens with one attached hydrogen (secondary N) is 1. The number of anilines is 2. The van der Waals surface area contributed by atoms with Crippen molar-refractivity contribution in [2.75, 3.05) is 43.7 Å². The van der Waals surface area contributed by atoms with E-state index in [9.17, 15) is 5.11 Å². The van der Waals surface area contributed by atoms with E-state index in [1.807, 2.05) is 38.4 Å². The molecule has 2 N–H and O–H groups in total. The summed E-state index contributed by atoms with van der Waals surface area (Å²) >= 11 is 1.59. The third-order valence-electron chi connectivity index (χ3n) is 4.97. The van der Waals surface area contributed by atoms with Gasteiger partial charge in [0.25, 0.3) is 0 Å². The summed E-state index contributed by atoms with van der Waals surface area (Å²) in [6.45, 7) is 5.80. The minimum absolute atomic E-state index is 0.214. The Balaban J connectivity index is 2.30. The number of aliphatic hydroxyl groups excluding tert-OH is 1. The molecule has 0 spiro atoms. The highest BCUT2D eigenvalue weighted by molar-refractivity contribution is 8.13. The molecule has 0 aliphatic rings. The van der Waals surface area contributed by atoms with Gasteiger partial charge in [0.05, 0.1) is 11.3 Å². The Bertz CT molecular complexity index is 793. The van der Waals surface area contributed by atoms with Crippen LogP contribution in [0.3, 0.4) is 0 Å². The van der Waals surface area contributed by atoms with Crippen molar-refractivity contribution >= 4 is 28.6 Å². The maximum atomic E-state index is 9.46. The predicted molar refractivity (Wildman–Crippen MR) is 125 cm³/mol. The molecular weight excluding hydrogens is 382 g/mol. The fourth-order valence-corrected chi connectivity index (χ4v) is 3.80. The average molecular weight is 416 g/mol. The van der Waals surface area contributed by atoms with Gasteiger partial charge in [-0.3, -0.25) is 4.99 Å². The van der Waals surface area contributed by atoms with Crippen LogP contribution in [0.2, 0.25) is 0 Å². The fourth-order valence-electron chi connectivity index (χ4n) is 3.17. The van der Waals surface area contributed by atoms with Crippen molar-refractivity contribution < 1.29 is 5.11 Å². The van der Waals surface area contributed by atoms with Gasteiger partial charge in [-0.2, -0.15) is 4.98 Å². The topological polar surface area (TPSA) is 73.6 Å². The number of thioether (sulfide) groups is 1. The van der Waals surface area contributed by atoms with Crippen LogP contribution >= 0.6 is 11.8 Å². The second-order valence-electron chi connectivity index (χ2n) is 7.08. The van der Waals surface area contributed by atoms with E-state index in [4.69, 9.17) is 9.97 Å². The summed E-state index contributed by atoms with van der Waals surface area (Å²) < 4.78 is 0. The first kappa shape index (κ1) is 23.2. The zero-order valence-electron chi connectivity index (χ0n) is 18.1. The minimum Gasteiger partial charge on any atom is -0.396 e. The summed E-state index contributed by atoms with van der Waals surface area (Å²) in [5.41, 5.74) is 3.07. The highest BCUT2D eigenvalue weighted by Gasteiger charge is 2.18. The lowest BCUT2D eigenvalue weighted by molar-refractivity contribution is 0.217. The molecule has 0 fully saturated rings. The number of aliphatic hydroxyl groups is 1. The largest absolute Gasteiger partial charge is 0.396 e. The molecule has 0 radical (unpaired) electrons. The molecule has 1 aromatic carbocycles. The zero-order chi connectivity index (χ0) is 21.2. The Morgan fingerprint density at radius 1 is 1.28 bits per heavy atom. The summed E-state index contributed by atoms with van der Waals surface area (Å²) in [5, 5.41) is 13.9. The quantitative estimate of drug-likeness (QED) is 0.452. The highest BCUT2D eigenvalue weighted by Crippen LogP contribution is 2.25. The Kier molecular flexibility index (Phi) is 9.41. The molecule has 1 atom stereocenters. The lowest BCUT2D eigenvalue weighted by Crippen LogP contribution is -2.22. The van der Waals surface area contributed by atoms with Gasteiger partial charge >= 0.3 is 0 Å². The van der Waals surface area contributed by atoms with Crippen LogP contribution in [0.4, 0.5) is 11.8 Å². The summed E-state index contributed by atoms with van der Waals surface area (Å²) in [6.07, 6.45) is 3.87. The van der Waals surface area contributed by atoms with Gasteiger partial charge in [-0.25, -0.2) is 4.98 Å². The number of benzene rings is 1. The molecule has 7 heteroatoms. The molecule has 2 rings (SSSR count). The van der Waals surface area contributed by atoms with Gasteiger partial charge in [0.1, 0.15) is 10.9 Å². The Hall–Kier alpha value is -2.12. The normalized spacial score (nSPS) is 12.7. The maximum absolute atomic E-state index is 9.46. The SMILES string of the molecule is CCC(CO)CCNc1nc(N(C)Cc2ccccc2)nc(C)c1C(=NC)SC. The van der Waals surface area contributed by atoms with Crippen LogP contribution in [-0.2, 0) is 6.54 Å². The van der Waals surface area contributed by atoms with Crippen molar-refractivity contribution in [3.8, 4) is 0 Å². The Morgan fingerprint density at radius 3 is 2.59 bits per heavy atom. The van der Waals surface area contributed by atoms with E-state index < -0.39 is 0 Å². The van der Waals surface area contributed by atoms with Crippen LogP contribution in [0.1, 0.15) is 36.6 Å². The number of hydrogen-bond acceptors (Lipinski definition) is 7. The van der Waals surface area contributed by atoms with E-state index in [-0.39, 0.29) is 6.61 Å². The van der Waals surface area contributed by atoms with Gasteiger partial charge in [0.2, 0.25) is 5.95 Å². The van der Waals surface area contributed by atoms with Crippen LogP contribution in [-0.4, -0.2) is 53.6 Å². The number of hydrogen-bond donors (Lipinski definition) is 2. The molecule has 158 valence electrons. The minimum atomic E-state index is 0.214. The summed E-state index contributed by atoms with van der Waals surface area (Å²) in [7, 11) is 3.80. The van der Waals surface area contributed by atoms with Crippen molar-refractivity contribution in [1.29, 1.82) is 0 Å². The zero-order valence-corrected chi connectivity index (χ0v) is 19.0. The van der Waals surface area contributed by atoms with Gasteiger partial charge in [-0.1, -0.05) is 43.7 Å². The highest BCUT2D eigenvalue weighted by atomic mass is 32.2. The van der Waals surface area contributed by atoms with Crippen molar-refractivity contribution in [3.63, 3.8) is 0 Å². The first-order valence-electron chi connectivity index (χ1n) is 10.0.